The molecule has 27 heavy (non-hydrogen) atoms. The van der Waals surface area contributed by atoms with Crippen LogP contribution in [0.4, 0.5) is 10.1 Å². The number of anilines is 1. The van der Waals surface area contributed by atoms with Gasteiger partial charge in [-0.2, -0.15) is 4.31 Å². The second-order valence-electron chi connectivity index (χ2n) is 6.04. The molecule has 1 amide bonds. The van der Waals surface area contributed by atoms with Crippen LogP contribution < -0.4 is 5.32 Å². The van der Waals surface area contributed by atoms with Gasteiger partial charge in [-0.1, -0.05) is 23.7 Å². The molecule has 0 saturated carbocycles. The Hall–Kier alpha value is -2.00. The number of sulfonamides is 1. The number of morpholine rings is 1. The van der Waals surface area contributed by atoms with Gasteiger partial charge in [-0.3, -0.25) is 4.79 Å². The van der Waals surface area contributed by atoms with Crippen molar-refractivity contribution in [3.8, 4) is 0 Å². The Morgan fingerprint density at radius 3 is 2.59 bits per heavy atom. The first-order valence-electron chi connectivity index (χ1n) is 8.24. The van der Waals surface area contributed by atoms with E-state index in [0.29, 0.717) is 18.8 Å². The molecule has 0 bridgehead atoms. The summed E-state index contributed by atoms with van der Waals surface area (Å²) in [5.41, 5.74) is 0.616. The summed E-state index contributed by atoms with van der Waals surface area (Å²) in [6.45, 7) is 2.91. The Bertz CT molecular complexity index is 955. The second kappa shape index (κ2) is 7.93. The molecule has 2 aromatic rings. The first-order valence-corrected chi connectivity index (χ1v) is 10.1. The molecule has 1 saturated heterocycles. The highest BCUT2D eigenvalue weighted by atomic mass is 35.5. The molecule has 0 radical (unpaired) electrons. The lowest BCUT2D eigenvalue weighted by Gasteiger charge is -2.26. The molecule has 3 rings (SSSR count). The molecule has 0 unspecified atom stereocenters. The highest BCUT2D eigenvalue weighted by Gasteiger charge is 2.27. The largest absolute Gasteiger partial charge is 0.379 e. The zero-order chi connectivity index (χ0) is 19.6. The van der Waals surface area contributed by atoms with Crippen LogP contribution in [-0.4, -0.2) is 44.9 Å². The fourth-order valence-electron chi connectivity index (χ4n) is 2.73. The SMILES string of the molecule is Cc1ccc(S(=O)(=O)N2CCOCC2)cc1NC(=O)c1c(F)cccc1Cl. The van der Waals surface area contributed by atoms with E-state index in [9.17, 15) is 17.6 Å². The third-order valence-corrected chi connectivity index (χ3v) is 6.46. The monoisotopic (exact) mass is 412 g/mol. The predicted molar refractivity (Wildman–Crippen MR) is 100 cm³/mol. The van der Waals surface area contributed by atoms with Gasteiger partial charge in [0.2, 0.25) is 10.0 Å². The number of carbonyl (C=O) groups excluding carboxylic acids is 1. The number of benzene rings is 2. The van der Waals surface area contributed by atoms with Gasteiger partial charge in [0.25, 0.3) is 5.91 Å². The van der Waals surface area contributed by atoms with Crippen LogP contribution in [0.15, 0.2) is 41.3 Å². The standard InChI is InChI=1S/C18H18ClFN2O4S/c1-12-5-6-13(27(24,25)22-7-9-26-10-8-22)11-16(12)21-18(23)17-14(19)3-2-4-15(17)20/h2-6,11H,7-10H2,1H3,(H,21,23). The van der Waals surface area contributed by atoms with Crippen LogP contribution in [-0.2, 0) is 14.8 Å². The molecule has 144 valence electrons. The number of hydrogen-bond donors (Lipinski definition) is 1. The highest BCUT2D eigenvalue weighted by molar-refractivity contribution is 7.89. The Morgan fingerprint density at radius 2 is 1.93 bits per heavy atom. The summed E-state index contributed by atoms with van der Waals surface area (Å²) < 4.78 is 46.1. The molecule has 1 heterocycles. The maximum Gasteiger partial charge on any atom is 0.260 e. The van der Waals surface area contributed by atoms with Crippen LogP contribution in [0.25, 0.3) is 0 Å². The van der Waals surface area contributed by atoms with E-state index in [-0.39, 0.29) is 34.3 Å². The first-order chi connectivity index (χ1) is 12.8. The van der Waals surface area contributed by atoms with Crippen molar-refractivity contribution in [3.63, 3.8) is 0 Å². The van der Waals surface area contributed by atoms with E-state index < -0.39 is 21.7 Å². The molecule has 1 N–H and O–H groups in total. The molecule has 0 atom stereocenters. The van der Waals surface area contributed by atoms with Crippen LogP contribution in [0.1, 0.15) is 15.9 Å². The van der Waals surface area contributed by atoms with Crippen LogP contribution in [0.3, 0.4) is 0 Å². The minimum absolute atomic E-state index is 0.0257. The average Bonchev–Trinajstić information content (AvgIpc) is 2.64. The smallest absolute Gasteiger partial charge is 0.260 e. The summed E-state index contributed by atoms with van der Waals surface area (Å²) >= 11 is 5.92. The van der Waals surface area contributed by atoms with E-state index in [1.165, 1.54) is 28.6 Å². The fourth-order valence-corrected chi connectivity index (χ4v) is 4.42. The zero-order valence-electron chi connectivity index (χ0n) is 14.5. The van der Waals surface area contributed by atoms with E-state index in [1.807, 2.05) is 0 Å². The van der Waals surface area contributed by atoms with Crippen LogP contribution in [0, 0.1) is 12.7 Å². The Kier molecular flexibility index (Phi) is 5.81. The topological polar surface area (TPSA) is 75.7 Å². The van der Waals surface area contributed by atoms with Gasteiger partial charge in [-0.25, -0.2) is 12.8 Å². The lowest BCUT2D eigenvalue weighted by molar-refractivity contribution is 0.0730. The van der Waals surface area contributed by atoms with E-state index in [0.717, 1.165) is 6.07 Å². The molecule has 9 heteroatoms. The number of halogens is 2. The molecular weight excluding hydrogens is 395 g/mol. The summed E-state index contributed by atoms with van der Waals surface area (Å²) in [6.07, 6.45) is 0. The number of rotatable bonds is 4. The van der Waals surface area contributed by atoms with Crippen molar-refractivity contribution < 1.29 is 22.3 Å². The third-order valence-electron chi connectivity index (χ3n) is 4.25. The second-order valence-corrected chi connectivity index (χ2v) is 8.39. The van der Waals surface area contributed by atoms with Crippen molar-refractivity contribution >= 4 is 33.2 Å². The summed E-state index contributed by atoms with van der Waals surface area (Å²) in [5, 5.41) is 2.53. The maximum atomic E-state index is 14.0. The van der Waals surface area contributed by atoms with E-state index in [4.69, 9.17) is 16.3 Å². The Labute approximate surface area is 161 Å². The molecule has 1 aliphatic rings. The summed E-state index contributed by atoms with van der Waals surface area (Å²) in [6, 6.07) is 8.37. The van der Waals surface area contributed by atoms with Gasteiger partial charge in [0.15, 0.2) is 0 Å². The lowest BCUT2D eigenvalue weighted by atomic mass is 10.1. The van der Waals surface area contributed by atoms with Gasteiger partial charge in [-0.15, -0.1) is 0 Å². The number of hydrogen-bond acceptors (Lipinski definition) is 4. The van der Waals surface area contributed by atoms with Gasteiger partial charge < -0.3 is 10.1 Å². The van der Waals surface area contributed by atoms with Crippen LogP contribution in [0.5, 0.6) is 0 Å². The Morgan fingerprint density at radius 1 is 1.22 bits per heavy atom. The van der Waals surface area contributed by atoms with Crippen LogP contribution >= 0.6 is 11.6 Å². The van der Waals surface area contributed by atoms with Crippen molar-refractivity contribution in [2.45, 2.75) is 11.8 Å². The fraction of sp³-hybridized carbons (Fsp3) is 0.278. The number of nitrogens with one attached hydrogen (secondary N) is 1. The normalized spacial score (nSPS) is 15.5. The van der Waals surface area contributed by atoms with Crippen molar-refractivity contribution in [2.75, 3.05) is 31.6 Å². The van der Waals surface area contributed by atoms with E-state index in [2.05, 4.69) is 5.32 Å². The molecule has 6 nitrogen and oxygen atoms in total. The Balaban J connectivity index is 1.91. The molecule has 0 aromatic heterocycles. The molecule has 2 aromatic carbocycles. The molecule has 1 fully saturated rings. The van der Waals surface area contributed by atoms with Gasteiger partial charge in [0.1, 0.15) is 5.82 Å². The van der Waals surface area contributed by atoms with E-state index in [1.54, 1.807) is 13.0 Å². The summed E-state index contributed by atoms with van der Waals surface area (Å²) in [5.74, 6) is -1.50. The number of aryl methyl sites for hydroxylation is 1. The summed E-state index contributed by atoms with van der Waals surface area (Å²) in [7, 11) is -3.72. The number of amides is 1. The zero-order valence-corrected chi connectivity index (χ0v) is 16.1. The van der Waals surface area contributed by atoms with Crippen molar-refractivity contribution in [2.24, 2.45) is 0 Å². The van der Waals surface area contributed by atoms with Gasteiger partial charge in [-0.05, 0) is 36.8 Å². The van der Waals surface area contributed by atoms with Gasteiger partial charge in [0.05, 0.1) is 28.7 Å². The van der Waals surface area contributed by atoms with E-state index >= 15 is 0 Å². The van der Waals surface area contributed by atoms with Gasteiger partial charge in [0, 0.05) is 18.8 Å². The van der Waals surface area contributed by atoms with Crippen molar-refractivity contribution in [1.29, 1.82) is 0 Å². The quantitative estimate of drug-likeness (QED) is 0.837. The molecular formula is C18H18ClFN2O4S. The predicted octanol–water partition coefficient (Wildman–Crippen LogP) is 3.06. The molecule has 1 aliphatic heterocycles. The number of carbonyl (C=O) groups is 1. The minimum atomic E-state index is -3.72. The number of nitrogens with zero attached hydrogens (tertiary/aromatic N) is 1. The third kappa shape index (κ3) is 4.14. The first kappa shape index (κ1) is 19.8. The number of ether oxygens (including phenoxy) is 1. The summed E-state index contributed by atoms with van der Waals surface area (Å²) in [4.78, 5) is 12.5. The molecule has 0 aliphatic carbocycles. The minimum Gasteiger partial charge on any atom is -0.379 e. The average molecular weight is 413 g/mol. The molecule has 0 spiro atoms. The van der Waals surface area contributed by atoms with Crippen molar-refractivity contribution in [3.05, 3.63) is 58.4 Å². The van der Waals surface area contributed by atoms with Crippen molar-refractivity contribution in [1.82, 2.24) is 4.31 Å². The lowest BCUT2D eigenvalue weighted by Crippen LogP contribution is -2.40. The van der Waals surface area contributed by atoms with Gasteiger partial charge >= 0.3 is 0 Å². The highest BCUT2D eigenvalue weighted by Crippen LogP contribution is 2.26. The van der Waals surface area contributed by atoms with Crippen LogP contribution in [0.2, 0.25) is 5.02 Å². The maximum absolute atomic E-state index is 14.0.